The lowest BCUT2D eigenvalue weighted by atomic mass is 10.3. The first kappa shape index (κ1) is 13.2. The van der Waals surface area contributed by atoms with Gasteiger partial charge in [-0.25, -0.2) is 0 Å². The molecule has 20 heavy (non-hydrogen) atoms. The van der Waals surface area contributed by atoms with Crippen LogP contribution in [-0.2, 0) is 18.3 Å². The third-order valence-corrected chi connectivity index (χ3v) is 3.41. The van der Waals surface area contributed by atoms with E-state index in [1.807, 2.05) is 4.90 Å². The Hall–Kier alpha value is -1.77. The highest BCUT2D eigenvalue weighted by Gasteiger charge is 2.19. The summed E-state index contributed by atoms with van der Waals surface area (Å²) < 4.78 is 8.46. The number of fused-ring (bicyclic) bond motifs is 1. The third-order valence-electron chi connectivity index (χ3n) is 3.41. The molecule has 0 saturated carbocycles. The summed E-state index contributed by atoms with van der Waals surface area (Å²) in [6, 6.07) is 0. The number of β-amino-alcohol motifs (C(OH)–C–C–N with tert-alkyl or cyclic N) is 1. The van der Waals surface area contributed by atoms with Crippen molar-refractivity contribution in [1.82, 2.24) is 24.1 Å². The molecule has 1 atom stereocenters. The molecule has 1 N–H and O–H groups in total. The van der Waals surface area contributed by atoms with E-state index in [4.69, 9.17) is 4.74 Å². The van der Waals surface area contributed by atoms with Crippen LogP contribution in [0.5, 0.6) is 0 Å². The van der Waals surface area contributed by atoms with Crippen LogP contribution in [0.15, 0.2) is 17.2 Å². The van der Waals surface area contributed by atoms with Crippen LogP contribution in [0.3, 0.4) is 0 Å². The molecule has 0 bridgehead atoms. The number of rotatable bonds is 2. The minimum Gasteiger partial charge on any atom is -0.389 e. The zero-order chi connectivity index (χ0) is 14.1. The Morgan fingerprint density at radius 2 is 2.30 bits per heavy atom. The summed E-state index contributed by atoms with van der Waals surface area (Å²) in [6.07, 6.45) is 2.96. The van der Waals surface area contributed by atoms with Crippen molar-refractivity contribution in [2.75, 3.05) is 26.3 Å². The Kier molecular flexibility index (Phi) is 3.51. The van der Waals surface area contributed by atoms with Crippen molar-refractivity contribution in [3.05, 3.63) is 28.6 Å². The predicted octanol–water partition coefficient (Wildman–Crippen LogP) is -1.38. The largest absolute Gasteiger partial charge is 0.389 e. The number of nitrogens with zero attached hydrogens (tertiary/aromatic N) is 5. The van der Waals surface area contributed by atoms with Crippen molar-refractivity contribution in [1.29, 1.82) is 0 Å². The van der Waals surface area contributed by atoms with E-state index in [1.54, 1.807) is 23.8 Å². The smallest absolute Gasteiger partial charge is 0.295 e. The molecule has 0 amide bonds. The molecule has 1 fully saturated rings. The van der Waals surface area contributed by atoms with Crippen LogP contribution in [0, 0.1) is 0 Å². The van der Waals surface area contributed by atoms with Gasteiger partial charge in [0.1, 0.15) is 0 Å². The SMILES string of the molecule is Cn1ccn2c(CN3CCOCC(O)C3)nnc2c1=O. The molecule has 0 aromatic carbocycles. The van der Waals surface area contributed by atoms with E-state index in [2.05, 4.69) is 10.2 Å². The number of hydrogen-bond donors (Lipinski definition) is 1. The molecule has 0 spiro atoms. The van der Waals surface area contributed by atoms with E-state index < -0.39 is 6.10 Å². The lowest BCUT2D eigenvalue weighted by molar-refractivity contribution is 0.0561. The fourth-order valence-electron chi connectivity index (χ4n) is 2.32. The molecule has 1 aliphatic heterocycles. The molecule has 3 heterocycles. The second-order valence-corrected chi connectivity index (χ2v) is 4.99. The summed E-state index contributed by atoms with van der Waals surface area (Å²) in [5, 5.41) is 17.7. The molecule has 2 aromatic rings. The highest BCUT2D eigenvalue weighted by atomic mass is 16.5. The standard InChI is InChI=1S/C12H17N5O3/c1-15-2-3-17-10(13-14-11(17)12(15)19)7-16-4-5-20-8-9(18)6-16/h2-3,9,18H,4-8H2,1H3. The van der Waals surface area contributed by atoms with Gasteiger partial charge in [0.25, 0.3) is 5.56 Å². The normalized spacial score (nSPS) is 21.2. The molecule has 8 heteroatoms. The highest BCUT2D eigenvalue weighted by molar-refractivity contribution is 5.34. The lowest BCUT2D eigenvalue weighted by Gasteiger charge is -2.19. The van der Waals surface area contributed by atoms with Gasteiger partial charge in [-0.1, -0.05) is 0 Å². The maximum absolute atomic E-state index is 11.9. The van der Waals surface area contributed by atoms with Gasteiger partial charge in [0.2, 0.25) is 5.65 Å². The van der Waals surface area contributed by atoms with Crippen LogP contribution in [0.2, 0.25) is 0 Å². The van der Waals surface area contributed by atoms with Crippen LogP contribution in [0.1, 0.15) is 5.82 Å². The molecule has 8 nitrogen and oxygen atoms in total. The van der Waals surface area contributed by atoms with Gasteiger partial charge in [0.05, 0.1) is 25.9 Å². The highest BCUT2D eigenvalue weighted by Crippen LogP contribution is 2.07. The van der Waals surface area contributed by atoms with Crippen molar-refractivity contribution in [3.8, 4) is 0 Å². The van der Waals surface area contributed by atoms with Gasteiger partial charge >= 0.3 is 0 Å². The summed E-state index contributed by atoms with van der Waals surface area (Å²) in [5.41, 5.74) is 0.141. The summed E-state index contributed by atoms with van der Waals surface area (Å²) >= 11 is 0. The number of aliphatic hydroxyl groups excluding tert-OH is 1. The molecule has 0 radical (unpaired) electrons. The Morgan fingerprint density at radius 3 is 3.15 bits per heavy atom. The Labute approximate surface area is 115 Å². The van der Waals surface area contributed by atoms with Crippen molar-refractivity contribution >= 4 is 5.65 Å². The van der Waals surface area contributed by atoms with Gasteiger partial charge in [0.15, 0.2) is 5.82 Å². The first-order chi connectivity index (χ1) is 9.65. The van der Waals surface area contributed by atoms with E-state index in [1.165, 1.54) is 4.57 Å². The second kappa shape index (κ2) is 5.31. The Bertz CT molecular complexity index is 665. The lowest BCUT2D eigenvalue weighted by Crippen LogP contribution is -2.33. The first-order valence-corrected chi connectivity index (χ1v) is 6.52. The Balaban J connectivity index is 1.87. The van der Waals surface area contributed by atoms with Crippen LogP contribution < -0.4 is 5.56 Å². The van der Waals surface area contributed by atoms with Gasteiger partial charge < -0.3 is 14.4 Å². The van der Waals surface area contributed by atoms with Gasteiger partial charge in [-0.2, -0.15) is 0 Å². The van der Waals surface area contributed by atoms with Crippen LogP contribution in [-0.4, -0.2) is 61.6 Å². The van der Waals surface area contributed by atoms with Crippen LogP contribution >= 0.6 is 0 Å². The molecule has 1 saturated heterocycles. The van der Waals surface area contributed by atoms with E-state index in [0.29, 0.717) is 37.8 Å². The minimum atomic E-state index is -0.496. The van der Waals surface area contributed by atoms with Crippen LogP contribution in [0.25, 0.3) is 5.65 Å². The zero-order valence-electron chi connectivity index (χ0n) is 11.3. The molecule has 2 aromatic heterocycles. The fraction of sp³-hybridized carbons (Fsp3) is 0.583. The van der Waals surface area contributed by atoms with E-state index in [0.717, 1.165) is 6.54 Å². The monoisotopic (exact) mass is 279 g/mol. The molecular formula is C12H17N5O3. The number of aryl methyl sites for hydroxylation is 1. The molecule has 1 aliphatic rings. The number of aromatic nitrogens is 4. The summed E-state index contributed by atoms with van der Waals surface area (Å²) in [5.74, 6) is 0.687. The Morgan fingerprint density at radius 1 is 1.45 bits per heavy atom. The van der Waals surface area contributed by atoms with Crippen molar-refractivity contribution in [3.63, 3.8) is 0 Å². The first-order valence-electron chi connectivity index (χ1n) is 6.52. The molecule has 0 aliphatic carbocycles. The molecule has 1 unspecified atom stereocenters. The van der Waals surface area contributed by atoms with Crippen molar-refractivity contribution in [2.45, 2.75) is 12.6 Å². The average molecular weight is 279 g/mol. The van der Waals surface area contributed by atoms with Crippen molar-refractivity contribution < 1.29 is 9.84 Å². The van der Waals surface area contributed by atoms with Crippen molar-refractivity contribution in [2.24, 2.45) is 7.05 Å². The topological polar surface area (TPSA) is 84.9 Å². The summed E-state index contributed by atoms with van der Waals surface area (Å²) in [7, 11) is 1.68. The van der Waals surface area contributed by atoms with Gasteiger partial charge in [-0.15, -0.1) is 10.2 Å². The number of hydrogen-bond acceptors (Lipinski definition) is 6. The maximum Gasteiger partial charge on any atom is 0.295 e. The quantitative estimate of drug-likeness (QED) is 0.729. The average Bonchev–Trinajstić information content (AvgIpc) is 2.71. The van der Waals surface area contributed by atoms with E-state index in [-0.39, 0.29) is 5.56 Å². The number of aliphatic hydroxyl groups is 1. The van der Waals surface area contributed by atoms with Crippen LogP contribution in [0.4, 0.5) is 0 Å². The van der Waals surface area contributed by atoms with Gasteiger partial charge in [-0.05, 0) is 0 Å². The molecular weight excluding hydrogens is 262 g/mol. The minimum absolute atomic E-state index is 0.175. The summed E-state index contributed by atoms with van der Waals surface area (Å²) in [6.45, 7) is 2.71. The van der Waals surface area contributed by atoms with E-state index >= 15 is 0 Å². The zero-order valence-corrected chi connectivity index (χ0v) is 11.3. The predicted molar refractivity (Wildman–Crippen MR) is 70.3 cm³/mol. The third kappa shape index (κ3) is 2.45. The maximum atomic E-state index is 11.9. The van der Waals surface area contributed by atoms with Gasteiger partial charge in [-0.3, -0.25) is 14.1 Å². The van der Waals surface area contributed by atoms with Gasteiger partial charge in [0, 0.05) is 32.5 Å². The number of ether oxygens (including phenoxy) is 1. The van der Waals surface area contributed by atoms with E-state index in [9.17, 15) is 9.90 Å². The second-order valence-electron chi connectivity index (χ2n) is 4.99. The molecule has 108 valence electrons. The summed E-state index contributed by atoms with van der Waals surface area (Å²) in [4.78, 5) is 14.0. The fourth-order valence-corrected chi connectivity index (χ4v) is 2.32. The molecule has 3 rings (SSSR count).